The van der Waals surface area contributed by atoms with Crippen molar-refractivity contribution in [2.75, 3.05) is 12.8 Å². The molecule has 1 rings (SSSR count). The first-order chi connectivity index (χ1) is 6.06. The number of carbonyl (C=O) groups is 1. The lowest BCUT2D eigenvalue weighted by atomic mass is 10.3. The van der Waals surface area contributed by atoms with Crippen LogP contribution in [-0.4, -0.2) is 23.0 Å². The molecule has 13 heavy (non-hydrogen) atoms. The van der Waals surface area contributed by atoms with Gasteiger partial charge in [-0.3, -0.25) is 9.97 Å². The van der Waals surface area contributed by atoms with Gasteiger partial charge in [0.25, 0.3) is 0 Å². The predicted molar refractivity (Wildman–Crippen MR) is 48.0 cm³/mol. The molecule has 0 bridgehead atoms. The smallest absolute Gasteiger partial charge is 0.356 e. The number of hydrogen-bond donors (Lipinski definition) is 3. The molecule has 0 saturated carbocycles. The van der Waals surface area contributed by atoms with Crippen molar-refractivity contribution in [3.63, 3.8) is 0 Å². The third kappa shape index (κ3) is 1.75. The number of nitrogens with two attached hydrogens (primary N) is 1. The molecule has 0 radical (unpaired) electrons. The topological polar surface area (TPSA) is 101 Å². The minimum absolute atomic E-state index is 0.00134. The van der Waals surface area contributed by atoms with Crippen LogP contribution >= 0.6 is 12.2 Å². The van der Waals surface area contributed by atoms with Gasteiger partial charge in [0, 0.05) is 0 Å². The fraction of sp³-hybridized carbons (Fsp3) is 0.167. The number of anilines is 1. The molecular formula is C6H7N3O3S. The number of aromatic nitrogens is 2. The largest absolute Gasteiger partial charge is 0.464 e. The highest BCUT2D eigenvalue weighted by Crippen LogP contribution is 2.06. The molecule has 1 heterocycles. The van der Waals surface area contributed by atoms with E-state index in [0.29, 0.717) is 0 Å². The Morgan fingerprint density at radius 3 is 2.69 bits per heavy atom. The summed E-state index contributed by atoms with van der Waals surface area (Å²) in [6.45, 7) is 0. The quantitative estimate of drug-likeness (QED) is 0.431. The SMILES string of the molecule is COC(=O)c1[nH]c(=O)[nH]c(=S)c1N. The van der Waals surface area contributed by atoms with Crippen molar-refractivity contribution in [3.8, 4) is 0 Å². The molecular weight excluding hydrogens is 194 g/mol. The fourth-order valence-electron chi connectivity index (χ4n) is 0.759. The molecule has 0 fully saturated rings. The molecule has 0 aliphatic carbocycles. The average molecular weight is 201 g/mol. The van der Waals surface area contributed by atoms with Crippen molar-refractivity contribution < 1.29 is 9.53 Å². The second-order valence-corrected chi connectivity index (χ2v) is 2.60. The number of nitrogens with one attached hydrogen (secondary N) is 2. The van der Waals surface area contributed by atoms with Gasteiger partial charge < -0.3 is 10.5 Å². The summed E-state index contributed by atoms with van der Waals surface area (Å²) in [4.78, 5) is 26.3. The summed E-state index contributed by atoms with van der Waals surface area (Å²) < 4.78 is 4.40. The number of esters is 1. The molecule has 4 N–H and O–H groups in total. The third-order valence-corrected chi connectivity index (χ3v) is 1.69. The summed E-state index contributed by atoms with van der Waals surface area (Å²) in [5, 5.41) is 0. The third-order valence-electron chi connectivity index (χ3n) is 1.37. The van der Waals surface area contributed by atoms with Crippen LogP contribution in [-0.2, 0) is 4.74 Å². The normalized spacial score (nSPS) is 9.62. The van der Waals surface area contributed by atoms with Gasteiger partial charge in [-0.25, -0.2) is 9.59 Å². The van der Waals surface area contributed by atoms with E-state index in [0.717, 1.165) is 0 Å². The van der Waals surface area contributed by atoms with Gasteiger partial charge in [0.1, 0.15) is 4.64 Å². The second kappa shape index (κ2) is 3.40. The van der Waals surface area contributed by atoms with E-state index in [2.05, 4.69) is 26.9 Å². The van der Waals surface area contributed by atoms with Gasteiger partial charge >= 0.3 is 11.7 Å². The van der Waals surface area contributed by atoms with Crippen molar-refractivity contribution in [2.45, 2.75) is 0 Å². The van der Waals surface area contributed by atoms with Crippen LogP contribution in [0, 0.1) is 4.64 Å². The van der Waals surface area contributed by atoms with E-state index in [1.165, 1.54) is 7.11 Å². The van der Waals surface area contributed by atoms with E-state index in [1.54, 1.807) is 0 Å². The Hall–Kier alpha value is -1.63. The number of ether oxygens (including phenoxy) is 1. The highest BCUT2D eigenvalue weighted by molar-refractivity contribution is 7.71. The maximum Gasteiger partial charge on any atom is 0.356 e. The van der Waals surface area contributed by atoms with Crippen molar-refractivity contribution in [3.05, 3.63) is 20.8 Å². The Labute approximate surface area is 77.7 Å². The first-order valence-corrected chi connectivity index (χ1v) is 3.67. The van der Waals surface area contributed by atoms with Crippen LogP contribution in [0.2, 0.25) is 0 Å². The molecule has 0 aliphatic rings. The van der Waals surface area contributed by atoms with Crippen molar-refractivity contribution in [1.29, 1.82) is 0 Å². The van der Waals surface area contributed by atoms with E-state index >= 15 is 0 Å². The van der Waals surface area contributed by atoms with E-state index < -0.39 is 11.7 Å². The maximum absolute atomic E-state index is 11.0. The molecule has 70 valence electrons. The molecule has 1 aromatic heterocycles. The number of nitrogen functional groups attached to an aromatic ring is 1. The zero-order valence-corrected chi connectivity index (χ0v) is 7.53. The maximum atomic E-state index is 11.0. The number of methoxy groups -OCH3 is 1. The Kier molecular flexibility index (Phi) is 2.47. The van der Waals surface area contributed by atoms with Crippen LogP contribution in [0.4, 0.5) is 5.69 Å². The number of hydrogen-bond acceptors (Lipinski definition) is 5. The number of H-pyrrole nitrogens is 2. The summed E-state index contributed by atoms with van der Waals surface area (Å²) in [5.41, 5.74) is 4.70. The average Bonchev–Trinajstić information content (AvgIpc) is 2.10. The number of aromatic amines is 2. The Morgan fingerprint density at radius 2 is 2.15 bits per heavy atom. The zero-order valence-electron chi connectivity index (χ0n) is 6.71. The summed E-state index contributed by atoms with van der Waals surface area (Å²) in [6, 6.07) is 0. The highest BCUT2D eigenvalue weighted by Gasteiger charge is 2.12. The van der Waals surface area contributed by atoms with Gasteiger partial charge in [-0.15, -0.1) is 0 Å². The van der Waals surface area contributed by atoms with E-state index in [9.17, 15) is 9.59 Å². The van der Waals surface area contributed by atoms with Crippen LogP contribution < -0.4 is 11.4 Å². The summed E-state index contributed by atoms with van der Waals surface area (Å²) in [5.74, 6) is -0.727. The Morgan fingerprint density at radius 1 is 1.54 bits per heavy atom. The van der Waals surface area contributed by atoms with E-state index in [4.69, 9.17) is 5.73 Å². The summed E-state index contributed by atoms with van der Waals surface area (Å²) in [7, 11) is 1.18. The number of carbonyl (C=O) groups excluding carboxylic acids is 1. The second-order valence-electron chi connectivity index (χ2n) is 2.19. The molecule has 1 aromatic rings. The van der Waals surface area contributed by atoms with Gasteiger partial charge in [0.05, 0.1) is 12.8 Å². The van der Waals surface area contributed by atoms with Gasteiger partial charge in [-0.2, -0.15) is 0 Å². The van der Waals surface area contributed by atoms with Crippen LogP contribution in [0.1, 0.15) is 10.5 Å². The molecule has 0 saturated heterocycles. The van der Waals surface area contributed by atoms with Crippen molar-refractivity contribution in [2.24, 2.45) is 0 Å². The molecule has 0 aromatic carbocycles. The van der Waals surface area contributed by atoms with E-state index in [-0.39, 0.29) is 16.0 Å². The van der Waals surface area contributed by atoms with E-state index in [1.807, 2.05) is 0 Å². The molecule has 0 spiro atoms. The van der Waals surface area contributed by atoms with Gasteiger partial charge in [-0.05, 0) is 0 Å². The van der Waals surface area contributed by atoms with Crippen molar-refractivity contribution in [1.82, 2.24) is 9.97 Å². The van der Waals surface area contributed by atoms with Gasteiger partial charge in [0.15, 0.2) is 5.69 Å². The molecule has 0 amide bonds. The summed E-state index contributed by atoms with van der Waals surface area (Å²) >= 11 is 4.69. The van der Waals surface area contributed by atoms with Crippen LogP contribution in [0.15, 0.2) is 4.79 Å². The predicted octanol–water partition coefficient (Wildman–Crippen LogP) is -0.199. The molecule has 6 nitrogen and oxygen atoms in total. The molecule has 0 unspecified atom stereocenters. The first kappa shape index (κ1) is 9.46. The van der Waals surface area contributed by atoms with Crippen LogP contribution in [0.5, 0.6) is 0 Å². The standard InChI is InChI=1S/C6H7N3O3S/c1-12-5(10)3-2(7)4(13)9-6(11)8-3/h7H2,1H3,(H2,8,9,11,13). The Bertz CT molecular complexity index is 447. The minimum atomic E-state index is -0.727. The monoisotopic (exact) mass is 201 g/mol. The Balaban J connectivity index is 3.46. The summed E-state index contributed by atoms with van der Waals surface area (Å²) in [6.07, 6.45) is 0. The van der Waals surface area contributed by atoms with Gasteiger partial charge in [0.2, 0.25) is 0 Å². The minimum Gasteiger partial charge on any atom is -0.464 e. The lowest BCUT2D eigenvalue weighted by Crippen LogP contribution is -2.19. The zero-order chi connectivity index (χ0) is 10.0. The fourth-order valence-corrected chi connectivity index (χ4v) is 0.954. The number of rotatable bonds is 1. The highest BCUT2D eigenvalue weighted by atomic mass is 32.1. The lowest BCUT2D eigenvalue weighted by Gasteiger charge is -2.01. The molecule has 0 aliphatic heterocycles. The van der Waals surface area contributed by atoms with Gasteiger partial charge in [-0.1, -0.05) is 12.2 Å². The molecule has 0 atom stereocenters. The van der Waals surface area contributed by atoms with Crippen LogP contribution in [0.25, 0.3) is 0 Å². The first-order valence-electron chi connectivity index (χ1n) is 3.26. The lowest BCUT2D eigenvalue weighted by molar-refractivity contribution is 0.0594. The molecule has 7 heteroatoms. The van der Waals surface area contributed by atoms with Crippen LogP contribution in [0.3, 0.4) is 0 Å². The van der Waals surface area contributed by atoms with Crippen molar-refractivity contribution >= 4 is 23.9 Å².